The third-order valence-corrected chi connectivity index (χ3v) is 8.32. The molecule has 3 N–H and O–H groups in total. The zero-order chi connectivity index (χ0) is 30.6. The molecule has 11 heteroatoms. The van der Waals surface area contributed by atoms with Crippen LogP contribution < -0.4 is 10.6 Å². The van der Waals surface area contributed by atoms with Gasteiger partial charge in [-0.15, -0.1) is 0 Å². The van der Waals surface area contributed by atoms with Crippen molar-refractivity contribution >= 4 is 18.1 Å². The highest BCUT2D eigenvalue weighted by Gasteiger charge is 2.37. The van der Waals surface area contributed by atoms with E-state index in [9.17, 15) is 32.7 Å². The number of nitrogens with zero attached hydrogens (tertiary/aromatic N) is 2. The van der Waals surface area contributed by atoms with E-state index in [4.69, 9.17) is 0 Å². The predicted molar refractivity (Wildman–Crippen MR) is 153 cm³/mol. The predicted octanol–water partition coefficient (Wildman–Crippen LogP) is 4.33. The van der Waals surface area contributed by atoms with Gasteiger partial charge in [-0.25, -0.2) is 0 Å². The lowest BCUT2D eigenvalue weighted by atomic mass is 9.79. The SMILES string of the molecule is O=Cc1ccccc1-c1ccc(C2(O)CCC(NC3CCN(C(=O)CNC(=O)c4cccc(C(F)(F)F)c4)C3)CC2)nc1. The summed E-state index contributed by atoms with van der Waals surface area (Å²) in [6.07, 6.45) is 1.18. The van der Waals surface area contributed by atoms with Crippen LogP contribution >= 0.6 is 0 Å². The molecule has 1 saturated carbocycles. The summed E-state index contributed by atoms with van der Waals surface area (Å²) in [7, 11) is 0. The van der Waals surface area contributed by atoms with Crippen LogP contribution in [-0.4, -0.2) is 64.8 Å². The number of alkyl halides is 3. The van der Waals surface area contributed by atoms with E-state index < -0.39 is 23.2 Å². The second-order valence-electron chi connectivity index (χ2n) is 11.2. The summed E-state index contributed by atoms with van der Waals surface area (Å²) < 4.78 is 38.8. The molecule has 0 radical (unpaired) electrons. The van der Waals surface area contributed by atoms with Crippen LogP contribution in [0.15, 0.2) is 66.9 Å². The Morgan fingerprint density at radius 3 is 2.49 bits per heavy atom. The van der Waals surface area contributed by atoms with Gasteiger partial charge in [0, 0.05) is 48.1 Å². The van der Waals surface area contributed by atoms with Gasteiger partial charge in [-0.05, 0) is 61.9 Å². The van der Waals surface area contributed by atoms with E-state index in [1.54, 1.807) is 23.2 Å². The quantitative estimate of drug-likeness (QED) is 0.335. The second-order valence-corrected chi connectivity index (χ2v) is 11.2. The average molecular weight is 595 g/mol. The minimum Gasteiger partial charge on any atom is -0.384 e. The lowest BCUT2D eigenvalue weighted by Gasteiger charge is -2.37. The number of hydrogen-bond acceptors (Lipinski definition) is 6. The molecule has 43 heavy (non-hydrogen) atoms. The summed E-state index contributed by atoms with van der Waals surface area (Å²) >= 11 is 0. The number of nitrogens with one attached hydrogen (secondary N) is 2. The third-order valence-electron chi connectivity index (χ3n) is 8.32. The van der Waals surface area contributed by atoms with Crippen LogP contribution in [-0.2, 0) is 16.6 Å². The summed E-state index contributed by atoms with van der Waals surface area (Å²) in [6.45, 7) is 0.672. The van der Waals surface area contributed by atoms with Crippen LogP contribution in [0.3, 0.4) is 0 Å². The first kappa shape index (κ1) is 30.4. The maximum Gasteiger partial charge on any atom is 0.416 e. The number of amides is 2. The van der Waals surface area contributed by atoms with E-state index in [2.05, 4.69) is 15.6 Å². The van der Waals surface area contributed by atoms with Gasteiger partial charge in [0.05, 0.1) is 17.8 Å². The lowest BCUT2D eigenvalue weighted by molar-refractivity contribution is -0.137. The number of halogens is 3. The molecule has 2 aliphatic rings. The first-order valence-corrected chi connectivity index (χ1v) is 14.3. The van der Waals surface area contributed by atoms with Crippen molar-refractivity contribution in [3.05, 3.63) is 89.2 Å². The Morgan fingerprint density at radius 1 is 1.02 bits per heavy atom. The molecular formula is C32H33F3N4O4. The maximum atomic E-state index is 12.9. The molecule has 1 saturated heterocycles. The van der Waals surface area contributed by atoms with E-state index >= 15 is 0 Å². The van der Waals surface area contributed by atoms with Crippen molar-refractivity contribution in [1.82, 2.24) is 20.5 Å². The van der Waals surface area contributed by atoms with Gasteiger partial charge in [0.2, 0.25) is 5.91 Å². The Bertz CT molecular complexity index is 1470. The second kappa shape index (κ2) is 12.6. The van der Waals surface area contributed by atoms with Crippen LogP contribution in [0.25, 0.3) is 11.1 Å². The van der Waals surface area contributed by atoms with Crippen LogP contribution in [0.1, 0.15) is 64.1 Å². The molecule has 1 atom stereocenters. The number of rotatable bonds is 8. The molecule has 226 valence electrons. The van der Waals surface area contributed by atoms with Gasteiger partial charge < -0.3 is 20.6 Å². The number of carbonyl (C=O) groups is 3. The number of aliphatic hydroxyl groups is 1. The van der Waals surface area contributed by atoms with Gasteiger partial charge >= 0.3 is 6.18 Å². The smallest absolute Gasteiger partial charge is 0.384 e. The Balaban J connectivity index is 1.08. The van der Waals surface area contributed by atoms with Crippen molar-refractivity contribution in [2.24, 2.45) is 0 Å². The molecule has 5 rings (SSSR count). The van der Waals surface area contributed by atoms with E-state index in [-0.39, 0.29) is 30.1 Å². The van der Waals surface area contributed by atoms with Gasteiger partial charge in [-0.1, -0.05) is 36.4 Å². The standard InChI is InChI=1S/C32H33F3N4O4/c33-32(34,35)24-6-3-5-21(16-24)30(42)37-18-29(41)39-15-12-26(19-39)38-25-10-13-31(43,14-11-25)28-9-8-22(17-36-28)27-7-2-1-4-23(27)20-40/h1-9,16-17,20,25-26,38,43H,10-15,18-19H2,(H,37,42). The normalized spacial score (nSPS) is 22.3. The molecule has 2 heterocycles. The summed E-state index contributed by atoms with van der Waals surface area (Å²) in [4.78, 5) is 42.6. The Hall–Kier alpha value is -4.09. The minimum atomic E-state index is -4.56. The number of aldehydes is 1. The molecular weight excluding hydrogens is 561 g/mol. The Kier molecular flexibility index (Phi) is 8.93. The summed E-state index contributed by atoms with van der Waals surface area (Å²) in [5.41, 5.74) is 0.649. The first-order valence-electron chi connectivity index (χ1n) is 14.3. The monoisotopic (exact) mass is 594 g/mol. The summed E-state index contributed by atoms with van der Waals surface area (Å²) in [5, 5.41) is 17.4. The number of carbonyl (C=O) groups excluding carboxylic acids is 3. The van der Waals surface area contributed by atoms with Crippen LogP contribution in [0.2, 0.25) is 0 Å². The van der Waals surface area contributed by atoms with E-state index in [0.29, 0.717) is 37.2 Å². The van der Waals surface area contributed by atoms with Crippen molar-refractivity contribution in [3.8, 4) is 11.1 Å². The molecule has 0 spiro atoms. The third kappa shape index (κ3) is 7.11. The largest absolute Gasteiger partial charge is 0.416 e. The Morgan fingerprint density at radius 2 is 1.79 bits per heavy atom. The van der Waals surface area contributed by atoms with E-state index in [0.717, 1.165) is 54.9 Å². The van der Waals surface area contributed by atoms with Gasteiger partial charge in [0.15, 0.2) is 6.29 Å². The van der Waals surface area contributed by atoms with Crippen LogP contribution in [0, 0.1) is 0 Å². The number of hydrogen-bond donors (Lipinski definition) is 3. The number of benzene rings is 2. The first-order chi connectivity index (χ1) is 20.6. The molecule has 2 fully saturated rings. The number of likely N-dealkylation sites (tertiary alicyclic amines) is 1. The number of aromatic nitrogens is 1. The highest BCUT2D eigenvalue weighted by molar-refractivity contribution is 5.96. The zero-order valence-corrected chi connectivity index (χ0v) is 23.4. The van der Waals surface area contributed by atoms with Gasteiger partial charge in [-0.2, -0.15) is 13.2 Å². The van der Waals surface area contributed by atoms with Crippen molar-refractivity contribution < 1.29 is 32.7 Å². The van der Waals surface area contributed by atoms with Crippen LogP contribution in [0.5, 0.6) is 0 Å². The lowest BCUT2D eigenvalue weighted by Crippen LogP contribution is -2.46. The molecule has 0 bridgehead atoms. The molecule has 8 nitrogen and oxygen atoms in total. The molecule has 1 unspecified atom stereocenters. The topological polar surface area (TPSA) is 112 Å². The van der Waals surface area contributed by atoms with Crippen molar-refractivity contribution in [2.75, 3.05) is 19.6 Å². The van der Waals surface area contributed by atoms with Crippen molar-refractivity contribution in [3.63, 3.8) is 0 Å². The van der Waals surface area contributed by atoms with Gasteiger partial charge in [0.1, 0.15) is 5.60 Å². The van der Waals surface area contributed by atoms with Crippen molar-refractivity contribution in [1.29, 1.82) is 0 Å². The zero-order valence-electron chi connectivity index (χ0n) is 23.4. The van der Waals surface area contributed by atoms with Crippen LogP contribution in [0.4, 0.5) is 13.2 Å². The van der Waals surface area contributed by atoms with Gasteiger partial charge in [-0.3, -0.25) is 19.4 Å². The van der Waals surface area contributed by atoms with E-state index in [1.165, 1.54) is 6.07 Å². The number of pyridine rings is 1. The molecule has 1 aromatic heterocycles. The highest BCUT2D eigenvalue weighted by Crippen LogP contribution is 2.37. The fourth-order valence-corrected chi connectivity index (χ4v) is 5.87. The molecule has 2 aromatic carbocycles. The molecule has 3 aromatic rings. The fourth-order valence-electron chi connectivity index (χ4n) is 5.87. The average Bonchev–Trinajstić information content (AvgIpc) is 3.49. The highest BCUT2D eigenvalue weighted by atomic mass is 19.4. The molecule has 2 amide bonds. The molecule has 1 aliphatic heterocycles. The Labute approximate surface area is 247 Å². The molecule has 1 aliphatic carbocycles. The van der Waals surface area contributed by atoms with E-state index in [1.807, 2.05) is 24.3 Å². The summed E-state index contributed by atoms with van der Waals surface area (Å²) in [6, 6.07) is 15.3. The van der Waals surface area contributed by atoms with Gasteiger partial charge in [0.25, 0.3) is 5.91 Å². The fraction of sp³-hybridized carbons (Fsp3) is 0.375. The minimum absolute atomic E-state index is 0.0645. The maximum absolute atomic E-state index is 12.9. The summed E-state index contributed by atoms with van der Waals surface area (Å²) in [5.74, 6) is -1.04. The van der Waals surface area contributed by atoms with Crippen molar-refractivity contribution in [2.45, 2.75) is 56.0 Å².